The Labute approximate surface area is 211 Å². The molecule has 0 amide bonds. The summed E-state index contributed by atoms with van der Waals surface area (Å²) in [5.41, 5.74) is 3.03. The van der Waals surface area contributed by atoms with Crippen LogP contribution in [0.1, 0.15) is 79.4 Å². The first-order chi connectivity index (χ1) is 13.1. The number of ether oxygens (including phenoxy) is 1. The minimum atomic E-state index is -1.09. The minimum absolute atomic E-state index is 0. The Balaban J connectivity index is 0.00000280. The fraction of sp³-hybridized carbons (Fsp3) is 0.458. The molecule has 28 heavy (non-hydrogen) atoms. The first kappa shape index (κ1) is 23.6. The quantitative estimate of drug-likeness (QED) is 0.406. The van der Waals surface area contributed by atoms with Crippen LogP contribution >= 0.6 is 0 Å². The molecule has 0 aliphatic carbocycles. The van der Waals surface area contributed by atoms with Crippen LogP contribution in [-0.4, -0.2) is 5.97 Å². The summed E-state index contributed by atoms with van der Waals surface area (Å²) in [5.74, 6) is 0.892. The van der Waals surface area contributed by atoms with Gasteiger partial charge in [0.2, 0.25) is 0 Å². The van der Waals surface area contributed by atoms with Crippen LogP contribution in [0.5, 0.6) is 11.5 Å². The number of carboxylic acid groups (broad SMARTS) is 1. The second-order valence-corrected chi connectivity index (χ2v) is 7.61. The maximum atomic E-state index is 12.0. The molecule has 0 saturated heterocycles. The average Bonchev–Trinajstić information content (AvgIpc) is 2.66. The molecular formula is C24H29KO3. The third-order valence-corrected chi connectivity index (χ3v) is 5.54. The number of fused-ring (bicyclic) bond motifs is 2. The van der Waals surface area contributed by atoms with Crippen LogP contribution in [0.15, 0.2) is 36.4 Å². The molecule has 0 bridgehead atoms. The van der Waals surface area contributed by atoms with Gasteiger partial charge in [0.15, 0.2) is 0 Å². The number of aromatic carboxylic acids is 1. The molecule has 144 valence electrons. The van der Waals surface area contributed by atoms with Crippen molar-refractivity contribution in [2.75, 3.05) is 0 Å². The fourth-order valence-electron chi connectivity index (χ4n) is 4.18. The molecule has 0 fully saturated rings. The van der Waals surface area contributed by atoms with Crippen molar-refractivity contribution >= 4 is 5.97 Å². The predicted molar refractivity (Wildman–Crippen MR) is 106 cm³/mol. The van der Waals surface area contributed by atoms with Crippen LogP contribution in [0.25, 0.3) is 0 Å². The Morgan fingerprint density at radius 2 is 1.82 bits per heavy atom. The topological polar surface area (TPSA) is 49.4 Å². The van der Waals surface area contributed by atoms with Gasteiger partial charge in [0.25, 0.3) is 0 Å². The van der Waals surface area contributed by atoms with Crippen molar-refractivity contribution in [3.05, 3.63) is 58.7 Å². The molecule has 3 nitrogen and oxygen atoms in total. The van der Waals surface area contributed by atoms with Crippen molar-refractivity contribution < 1.29 is 66.0 Å². The number of unbranched alkanes of at least 4 members (excludes halogenated alkanes) is 2. The normalized spacial score (nSPS) is 12.9. The van der Waals surface area contributed by atoms with E-state index in [4.69, 9.17) is 4.74 Å². The molecule has 1 unspecified atom stereocenters. The number of rotatable bonds is 9. The van der Waals surface area contributed by atoms with E-state index in [2.05, 4.69) is 13.8 Å². The van der Waals surface area contributed by atoms with Crippen LogP contribution in [0, 0.1) is 5.92 Å². The smallest absolute Gasteiger partial charge is 0.545 e. The number of para-hydroxylation sites is 1. The standard InChI is InChI=1S/C24H30O3.K/c1-3-5-6-10-17(9-4-2)15-19-13-14-22-20(23(19)24(25)26)16-18-11-7-8-12-21(18)27-22;/h7-8,11-14,17H,3-6,9-10,15-16H2,1-2H3,(H,25,26);/q;+1/p-1. The Kier molecular flexibility index (Phi) is 9.71. The maximum absolute atomic E-state index is 12.0. The molecule has 1 atom stereocenters. The zero-order valence-corrected chi connectivity index (χ0v) is 20.5. The van der Waals surface area contributed by atoms with E-state index < -0.39 is 5.97 Å². The summed E-state index contributed by atoms with van der Waals surface area (Å²) in [6.07, 6.45) is 8.45. The van der Waals surface area contributed by atoms with E-state index >= 15 is 0 Å². The van der Waals surface area contributed by atoms with Crippen molar-refractivity contribution in [1.29, 1.82) is 0 Å². The first-order valence-electron chi connectivity index (χ1n) is 10.3. The molecule has 1 aliphatic heterocycles. The zero-order valence-electron chi connectivity index (χ0n) is 17.4. The molecule has 0 radical (unpaired) electrons. The third-order valence-electron chi connectivity index (χ3n) is 5.54. The van der Waals surface area contributed by atoms with Crippen molar-refractivity contribution in [3.8, 4) is 11.5 Å². The number of hydrogen-bond donors (Lipinski definition) is 0. The molecule has 0 N–H and O–H groups in total. The Morgan fingerprint density at radius 1 is 1.04 bits per heavy atom. The van der Waals surface area contributed by atoms with E-state index in [1.54, 1.807) is 0 Å². The monoisotopic (exact) mass is 404 g/mol. The molecule has 0 saturated carbocycles. The van der Waals surface area contributed by atoms with Gasteiger partial charge < -0.3 is 14.6 Å². The van der Waals surface area contributed by atoms with Crippen LogP contribution in [-0.2, 0) is 12.8 Å². The van der Waals surface area contributed by atoms with Crippen LogP contribution in [0.4, 0.5) is 0 Å². The molecule has 1 aliphatic rings. The average molecular weight is 405 g/mol. The summed E-state index contributed by atoms with van der Waals surface area (Å²) in [6, 6.07) is 11.7. The summed E-state index contributed by atoms with van der Waals surface area (Å²) in [6.45, 7) is 4.41. The summed E-state index contributed by atoms with van der Waals surface area (Å²) in [5, 5.41) is 12.0. The van der Waals surface area contributed by atoms with Crippen molar-refractivity contribution in [2.24, 2.45) is 5.92 Å². The van der Waals surface area contributed by atoms with Gasteiger partial charge in [0.1, 0.15) is 11.5 Å². The first-order valence-corrected chi connectivity index (χ1v) is 10.3. The second kappa shape index (κ2) is 11.5. The van der Waals surface area contributed by atoms with Crippen LogP contribution in [0.3, 0.4) is 0 Å². The molecular weight excluding hydrogens is 375 g/mol. The molecule has 0 spiro atoms. The maximum Gasteiger partial charge on any atom is 1.00 e. The van der Waals surface area contributed by atoms with E-state index in [9.17, 15) is 9.90 Å². The van der Waals surface area contributed by atoms with Crippen molar-refractivity contribution in [2.45, 2.75) is 65.2 Å². The molecule has 1 heterocycles. The molecule has 2 aromatic carbocycles. The van der Waals surface area contributed by atoms with Crippen LogP contribution < -0.4 is 61.2 Å². The van der Waals surface area contributed by atoms with Gasteiger partial charge in [-0.25, -0.2) is 0 Å². The van der Waals surface area contributed by atoms with E-state index in [0.29, 0.717) is 23.7 Å². The summed E-state index contributed by atoms with van der Waals surface area (Å²) in [4.78, 5) is 12.0. The number of benzene rings is 2. The number of carboxylic acids is 1. The minimum Gasteiger partial charge on any atom is -0.545 e. The van der Waals surface area contributed by atoms with E-state index in [0.717, 1.165) is 48.1 Å². The van der Waals surface area contributed by atoms with E-state index in [1.807, 2.05) is 36.4 Å². The van der Waals surface area contributed by atoms with Gasteiger partial charge in [-0.2, -0.15) is 0 Å². The molecule has 0 aromatic heterocycles. The van der Waals surface area contributed by atoms with Gasteiger partial charge in [0.05, 0.1) is 5.97 Å². The Hall–Kier alpha value is -0.654. The second-order valence-electron chi connectivity index (χ2n) is 7.61. The predicted octanol–water partition coefficient (Wildman–Crippen LogP) is 2.29. The van der Waals surface area contributed by atoms with Gasteiger partial charge in [-0.1, -0.05) is 76.6 Å². The molecule has 3 rings (SSSR count). The van der Waals surface area contributed by atoms with Gasteiger partial charge in [-0.15, -0.1) is 0 Å². The molecule has 2 aromatic rings. The van der Waals surface area contributed by atoms with Crippen LogP contribution in [0.2, 0.25) is 0 Å². The summed E-state index contributed by atoms with van der Waals surface area (Å²) >= 11 is 0. The van der Waals surface area contributed by atoms with Gasteiger partial charge in [-0.05, 0) is 35.6 Å². The Morgan fingerprint density at radius 3 is 2.54 bits per heavy atom. The van der Waals surface area contributed by atoms with Crippen molar-refractivity contribution in [1.82, 2.24) is 0 Å². The van der Waals surface area contributed by atoms with E-state index in [-0.39, 0.29) is 51.4 Å². The van der Waals surface area contributed by atoms with Gasteiger partial charge >= 0.3 is 51.4 Å². The van der Waals surface area contributed by atoms with Gasteiger partial charge in [-0.3, -0.25) is 0 Å². The summed E-state index contributed by atoms with van der Waals surface area (Å²) in [7, 11) is 0. The van der Waals surface area contributed by atoms with E-state index in [1.165, 1.54) is 19.3 Å². The number of carbonyl (C=O) groups excluding carboxylic acids is 1. The number of carbonyl (C=O) groups is 1. The summed E-state index contributed by atoms with van der Waals surface area (Å²) < 4.78 is 5.96. The van der Waals surface area contributed by atoms with Crippen molar-refractivity contribution in [3.63, 3.8) is 0 Å². The van der Waals surface area contributed by atoms with Gasteiger partial charge in [0, 0.05) is 17.5 Å². The molecule has 4 heteroatoms. The zero-order chi connectivity index (χ0) is 19.2. The largest absolute Gasteiger partial charge is 1.00 e. The Bertz CT molecular complexity index is 800. The fourth-order valence-corrected chi connectivity index (χ4v) is 4.18. The SMILES string of the molecule is CCCCCC(CCC)Cc1ccc2c(c1C(=O)[O-])Cc1ccccc1O2.[K+]. The number of hydrogen-bond acceptors (Lipinski definition) is 3. The third kappa shape index (κ3) is 5.70.